The second-order valence-electron chi connectivity index (χ2n) is 4.44. The molecule has 20 heavy (non-hydrogen) atoms. The molecular formula is C13H15N3O4. The largest absolute Gasteiger partial charge is 0.481 e. The number of aliphatic carboxylic acids is 1. The fourth-order valence-electron chi connectivity index (χ4n) is 2.17. The molecule has 4 N–H and O–H groups in total. The molecule has 1 aromatic rings. The van der Waals surface area contributed by atoms with Gasteiger partial charge < -0.3 is 21.1 Å². The van der Waals surface area contributed by atoms with Gasteiger partial charge in [0.1, 0.15) is 6.54 Å². The van der Waals surface area contributed by atoms with Gasteiger partial charge in [0.25, 0.3) is 0 Å². The van der Waals surface area contributed by atoms with E-state index in [0.717, 1.165) is 0 Å². The number of nitrogens with zero attached hydrogens (tertiary/aromatic N) is 1. The highest BCUT2D eigenvalue weighted by atomic mass is 16.4. The van der Waals surface area contributed by atoms with E-state index in [2.05, 4.69) is 5.32 Å². The zero-order valence-corrected chi connectivity index (χ0v) is 10.7. The molecule has 0 spiro atoms. The lowest BCUT2D eigenvalue weighted by molar-refractivity contribution is -0.138. The highest BCUT2D eigenvalue weighted by molar-refractivity contribution is 6.05. The average Bonchev–Trinajstić information content (AvgIpc) is 2.43. The third kappa shape index (κ3) is 2.62. The van der Waals surface area contributed by atoms with Gasteiger partial charge in [-0.1, -0.05) is 18.2 Å². The number of piperazine rings is 1. The van der Waals surface area contributed by atoms with Crippen LogP contribution in [0.2, 0.25) is 0 Å². The number of anilines is 1. The number of nitrogens with two attached hydrogens (primary N) is 1. The fraction of sp³-hybridized carbons (Fsp3) is 0.308. The number of carbonyl (C=O) groups is 3. The highest BCUT2D eigenvalue weighted by Crippen LogP contribution is 2.28. The summed E-state index contributed by atoms with van der Waals surface area (Å²) in [6, 6.07) is 6.60. The van der Waals surface area contributed by atoms with E-state index in [1.54, 1.807) is 24.3 Å². The molecule has 1 aliphatic heterocycles. The number of amides is 2. The summed E-state index contributed by atoms with van der Waals surface area (Å²) < 4.78 is 0. The molecule has 1 fully saturated rings. The quantitative estimate of drug-likeness (QED) is 0.672. The lowest BCUT2D eigenvalue weighted by Gasteiger charge is -2.29. The third-order valence-corrected chi connectivity index (χ3v) is 3.18. The Bertz CT molecular complexity index is 558. The maximum atomic E-state index is 11.9. The number of carboxylic acid groups (broad SMARTS) is 1. The predicted molar refractivity (Wildman–Crippen MR) is 71.2 cm³/mol. The summed E-state index contributed by atoms with van der Waals surface area (Å²) in [4.78, 5) is 35.9. The minimum absolute atomic E-state index is 0.0828. The van der Waals surface area contributed by atoms with Gasteiger partial charge in [-0.2, -0.15) is 0 Å². The van der Waals surface area contributed by atoms with Crippen molar-refractivity contribution in [1.29, 1.82) is 0 Å². The van der Waals surface area contributed by atoms with Gasteiger partial charge >= 0.3 is 5.97 Å². The van der Waals surface area contributed by atoms with Crippen LogP contribution in [-0.4, -0.2) is 42.5 Å². The predicted octanol–water partition coefficient (Wildman–Crippen LogP) is -0.724. The van der Waals surface area contributed by atoms with Crippen LogP contribution in [0.5, 0.6) is 0 Å². The van der Waals surface area contributed by atoms with Crippen molar-refractivity contribution in [2.75, 3.05) is 24.5 Å². The average molecular weight is 277 g/mol. The molecule has 0 aromatic heterocycles. The summed E-state index contributed by atoms with van der Waals surface area (Å²) >= 11 is 0. The molecule has 1 saturated heterocycles. The number of carboxylic acids is 1. The molecule has 7 heteroatoms. The Labute approximate surface area is 115 Å². The zero-order chi connectivity index (χ0) is 14.7. The number of para-hydroxylation sites is 1. The summed E-state index contributed by atoms with van der Waals surface area (Å²) in [7, 11) is 0. The van der Waals surface area contributed by atoms with Gasteiger partial charge in [0.05, 0.1) is 12.5 Å². The molecule has 0 aliphatic carbocycles. The molecule has 0 bridgehead atoms. The van der Waals surface area contributed by atoms with Crippen molar-refractivity contribution >= 4 is 23.5 Å². The molecule has 2 rings (SSSR count). The zero-order valence-electron chi connectivity index (χ0n) is 10.7. The number of rotatable bonds is 4. The van der Waals surface area contributed by atoms with Gasteiger partial charge in [-0.25, -0.2) is 0 Å². The minimum Gasteiger partial charge on any atom is -0.481 e. The molecule has 1 heterocycles. The van der Waals surface area contributed by atoms with Gasteiger partial charge in [0.2, 0.25) is 11.8 Å². The van der Waals surface area contributed by atoms with Crippen LogP contribution in [0.25, 0.3) is 0 Å². The van der Waals surface area contributed by atoms with Crippen LogP contribution in [0.3, 0.4) is 0 Å². The van der Waals surface area contributed by atoms with E-state index in [-0.39, 0.29) is 31.4 Å². The third-order valence-electron chi connectivity index (χ3n) is 3.18. The van der Waals surface area contributed by atoms with E-state index in [1.807, 2.05) is 0 Å². The first kappa shape index (κ1) is 14.0. The monoisotopic (exact) mass is 277 g/mol. The first-order chi connectivity index (χ1) is 9.54. The van der Waals surface area contributed by atoms with Gasteiger partial charge in [0, 0.05) is 12.2 Å². The normalized spacial score (nSPS) is 16.8. The molecule has 1 aromatic carbocycles. The van der Waals surface area contributed by atoms with E-state index >= 15 is 0 Å². The number of hydrogen-bond acceptors (Lipinski definition) is 4. The summed E-state index contributed by atoms with van der Waals surface area (Å²) in [5.41, 5.74) is 6.36. The van der Waals surface area contributed by atoms with Gasteiger partial charge in [-0.05, 0) is 11.6 Å². The second-order valence-corrected chi connectivity index (χ2v) is 4.44. The molecular weight excluding hydrogens is 262 g/mol. The Morgan fingerprint density at radius 3 is 2.75 bits per heavy atom. The maximum absolute atomic E-state index is 11.9. The molecule has 0 saturated carbocycles. The standard InChI is InChI=1S/C13H15N3O4/c14-5-9(13(19)20)8-3-1-2-4-10(8)16-7-11(17)15-6-12(16)18/h1-4,9H,5-7,14H2,(H,15,17)(H,19,20). The molecule has 106 valence electrons. The summed E-state index contributed by atoms with van der Waals surface area (Å²) in [5.74, 6) is -2.53. The molecule has 1 atom stereocenters. The van der Waals surface area contributed by atoms with E-state index in [0.29, 0.717) is 11.3 Å². The van der Waals surface area contributed by atoms with E-state index < -0.39 is 11.9 Å². The Morgan fingerprint density at radius 1 is 1.40 bits per heavy atom. The number of nitrogens with one attached hydrogen (secondary N) is 1. The first-order valence-corrected chi connectivity index (χ1v) is 6.13. The number of carbonyl (C=O) groups excluding carboxylic acids is 2. The van der Waals surface area contributed by atoms with Crippen molar-refractivity contribution in [2.24, 2.45) is 5.73 Å². The van der Waals surface area contributed by atoms with Crippen LogP contribution in [-0.2, 0) is 14.4 Å². The Hall–Kier alpha value is -2.41. The molecule has 7 nitrogen and oxygen atoms in total. The van der Waals surface area contributed by atoms with Crippen molar-refractivity contribution in [1.82, 2.24) is 5.32 Å². The van der Waals surface area contributed by atoms with Gasteiger partial charge in [-0.15, -0.1) is 0 Å². The van der Waals surface area contributed by atoms with Gasteiger partial charge in [-0.3, -0.25) is 14.4 Å². The maximum Gasteiger partial charge on any atom is 0.312 e. The SMILES string of the molecule is NCC(C(=O)O)c1ccccc1N1CC(=O)NCC1=O. The number of hydrogen-bond donors (Lipinski definition) is 3. The highest BCUT2D eigenvalue weighted by Gasteiger charge is 2.29. The van der Waals surface area contributed by atoms with E-state index in [1.165, 1.54) is 4.90 Å². The van der Waals surface area contributed by atoms with Crippen LogP contribution >= 0.6 is 0 Å². The lowest BCUT2D eigenvalue weighted by Crippen LogP contribution is -2.52. The van der Waals surface area contributed by atoms with Crippen LogP contribution in [0.1, 0.15) is 11.5 Å². The smallest absolute Gasteiger partial charge is 0.312 e. The van der Waals surface area contributed by atoms with Crippen LogP contribution in [0.4, 0.5) is 5.69 Å². The van der Waals surface area contributed by atoms with Crippen molar-refractivity contribution in [2.45, 2.75) is 5.92 Å². The van der Waals surface area contributed by atoms with E-state index in [4.69, 9.17) is 5.73 Å². The Morgan fingerprint density at radius 2 is 2.10 bits per heavy atom. The van der Waals surface area contributed by atoms with Crippen molar-refractivity contribution in [3.05, 3.63) is 29.8 Å². The first-order valence-electron chi connectivity index (χ1n) is 6.13. The topological polar surface area (TPSA) is 113 Å². The summed E-state index contributed by atoms with van der Waals surface area (Å²) in [5, 5.41) is 11.7. The summed E-state index contributed by atoms with van der Waals surface area (Å²) in [6.07, 6.45) is 0. The van der Waals surface area contributed by atoms with Gasteiger partial charge in [0.15, 0.2) is 0 Å². The summed E-state index contributed by atoms with van der Waals surface area (Å²) in [6.45, 7) is -0.291. The lowest BCUT2D eigenvalue weighted by atomic mass is 9.96. The molecule has 2 amide bonds. The van der Waals surface area contributed by atoms with Crippen LogP contribution < -0.4 is 16.0 Å². The Kier molecular flexibility index (Phi) is 3.99. The van der Waals surface area contributed by atoms with Crippen molar-refractivity contribution in [3.63, 3.8) is 0 Å². The molecule has 1 unspecified atom stereocenters. The second kappa shape index (κ2) is 5.70. The van der Waals surface area contributed by atoms with E-state index in [9.17, 15) is 19.5 Å². The molecule has 0 radical (unpaired) electrons. The minimum atomic E-state index is -1.06. The van der Waals surface area contributed by atoms with Crippen LogP contribution in [0.15, 0.2) is 24.3 Å². The molecule has 1 aliphatic rings. The van der Waals surface area contributed by atoms with Crippen LogP contribution in [0, 0.1) is 0 Å². The van der Waals surface area contributed by atoms with Crippen molar-refractivity contribution < 1.29 is 19.5 Å². The Balaban J connectivity index is 2.43. The number of benzene rings is 1. The van der Waals surface area contributed by atoms with Crippen molar-refractivity contribution in [3.8, 4) is 0 Å². The fourth-order valence-corrected chi connectivity index (χ4v) is 2.17.